The fourth-order valence-corrected chi connectivity index (χ4v) is 3.04. The third-order valence-electron chi connectivity index (χ3n) is 4.55. The Labute approximate surface area is 143 Å². The van der Waals surface area contributed by atoms with Crippen LogP contribution in [0.15, 0.2) is 21.7 Å². The molecule has 10 heteroatoms. The van der Waals surface area contributed by atoms with Crippen LogP contribution in [0.4, 0.5) is 9.59 Å². The zero-order valence-electron chi connectivity index (χ0n) is 14.2. The molecule has 0 bridgehead atoms. The number of carbonyl (C=O) groups excluding carboxylic acids is 2. The molecule has 1 aliphatic heterocycles. The van der Waals surface area contributed by atoms with Crippen molar-refractivity contribution in [3.05, 3.63) is 33.1 Å². The number of hydrazone groups is 1. The fraction of sp³-hybridized carbons (Fsp3) is 0.533. The van der Waals surface area contributed by atoms with Crippen LogP contribution in [-0.2, 0) is 7.05 Å². The fourth-order valence-electron chi connectivity index (χ4n) is 3.04. The van der Waals surface area contributed by atoms with Crippen molar-refractivity contribution in [2.45, 2.75) is 38.1 Å². The largest absolute Gasteiger partial charge is 0.526 e. The van der Waals surface area contributed by atoms with Crippen molar-refractivity contribution < 1.29 is 14.3 Å². The van der Waals surface area contributed by atoms with E-state index in [9.17, 15) is 19.2 Å². The summed E-state index contributed by atoms with van der Waals surface area (Å²) < 4.78 is 3.35. The first kappa shape index (κ1) is 16.9. The van der Waals surface area contributed by atoms with Crippen LogP contribution in [0.1, 0.15) is 38.1 Å². The normalized spacial score (nSPS) is 26.2. The summed E-state index contributed by atoms with van der Waals surface area (Å²) >= 11 is 0. The summed E-state index contributed by atoms with van der Waals surface area (Å²) in [5, 5.41) is 2.53. The van der Waals surface area contributed by atoms with Gasteiger partial charge in [0, 0.05) is 7.05 Å². The minimum Gasteiger partial charge on any atom is -0.246 e. The van der Waals surface area contributed by atoms with E-state index in [4.69, 9.17) is 0 Å². The molecule has 0 aromatic carbocycles. The molecule has 1 fully saturated rings. The Morgan fingerprint density at radius 3 is 2.48 bits per heavy atom. The molecule has 0 saturated carbocycles. The number of H-pyrrole nitrogens is 1. The number of hydrogen-bond donors (Lipinski definition) is 2. The third-order valence-corrected chi connectivity index (χ3v) is 4.55. The molecule has 1 unspecified atom stereocenters. The Hall–Kier alpha value is -2.91. The van der Waals surface area contributed by atoms with Crippen molar-refractivity contribution in [1.29, 1.82) is 0 Å². The first-order valence-electron chi connectivity index (χ1n) is 8.21. The highest BCUT2D eigenvalue weighted by atomic mass is 16.2. The number of allylic oxidation sites excluding steroid dienone is 2. The first-order chi connectivity index (χ1) is 11.9. The summed E-state index contributed by atoms with van der Waals surface area (Å²) in [6.07, 6.45) is 7.84. The van der Waals surface area contributed by atoms with Gasteiger partial charge in [-0.3, -0.25) is 0 Å². The van der Waals surface area contributed by atoms with Crippen molar-refractivity contribution in [2.75, 3.05) is 7.05 Å². The van der Waals surface area contributed by atoms with Gasteiger partial charge in [0.15, 0.2) is 5.71 Å². The summed E-state index contributed by atoms with van der Waals surface area (Å²) in [5.41, 5.74) is 1.93. The number of imide groups is 1. The van der Waals surface area contributed by atoms with Gasteiger partial charge >= 0.3 is 23.4 Å². The zero-order valence-corrected chi connectivity index (χ0v) is 14.2. The summed E-state index contributed by atoms with van der Waals surface area (Å²) in [4.78, 5) is 49.4. The predicted molar refractivity (Wildman–Crippen MR) is 88.5 cm³/mol. The summed E-state index contributed by atoms with van der Waals surface area (Å²) in [7, 11) is 2.77. The lowest BCUT2D eigenvalue weighted by atomic mass is 10.0. The SMILES string of the molecule is CN1C(=O)N/[N+](=C2/C=C\CCCCCC2n2[nH]c(=O)n(C)c2=O)C1=O. The Morgan fingerprint density at radius 1 is 1.12 bits per heavy atom. The molecule has 10 nitrogen and oxygen atoms in total. The van der Waals surface area contributed by atoms with Gasteiger partial charge in [-0.2, -0.15) is 4.79 Å². The van der Waals surface area contributed by atoms with Gasteiger partial charge in [0.25, 0.3) is 0 Å². The second-order valence-corrected chi connectivity index (χ2v) is 6.20. The van der Waals surface area contributed by atoms with Crippen molar-refractivity contribution in [3.8, 4) is 0 Å². The predicted octanol–water partition coefficient (Wildman–Crippen LogP) is 0.0800. The molecular formula is C15H21N6O4+. The molecule has 134 valence electrons. The molecule has 3 rings (SSSR count). The van der Waals surface area contributed by atoms with Crippen LogP contribution in [0.25, 0.3) is 0 Å². The van der Waals surface area contributed by atoms with E-state index in [0.717, 1.165) is 39.8 Å². The third kappa shape index (κ3) is 2.94. The molecule has 1 aromatic rings. The maximum absolute atomic E-state index is 12.4. The van der Waals surface area contributed by atoms with Crippen LogP contribution in [0.5, 0.6) is 0 Å². The van der Waals surface area contributed by atoms with Crippen LogP contribution >= 0.6 is 0 Å². The Balaban J connectivity index is 2.18. The second-order valence-electron chi connectivity index (χ2n) is 6.20. The molecule has 1 aromatic heterocycles. The lowest BCUT2D eigenvalue weighted by Gasteiger charge is -2.16. The van der Waals surface area contributed by atoms with E-state index in [0.29, 0.717) is 12.1 Å². The number of aromatic amines is 1. The van der Waals surface area contributed by atoms with E-state index in [2.05, 4.69) is 10.5 Å². The van der Waals surface area contributed by atoms with Gasteiger partial charge in [0.1, 0.15) is 6.04 Å². The minimum atomic E-state index is -0.563. The van der Waals surface area contributed by atoms with Gasteiger partial charge in [-0.15, -0.1) is 10.3 Å². The summed E-state index contributed by atoms with van der Waals surface area (Å²) in [5.74, 6) is 0. The van der Waals surface area contributed by atoms with Gasteiger partial charge in [-0.05, 0) is 25.3 Å². The van der Waals surface area contributed by atoms with Crippen LogP contribution < -0.4 is 16.8 Å². The Morgan fingerprint density at radius 2 is 1.88 bits per heavy atom. The number of nitrogens with zero attached hydrogens (tertiary/aromatic N) is 4. The number of rotatable bonds is 1. The average Bonchev–Trinajstić information content (AvgIpc) is 3.04. The maximum atomic E-state index is 12.4. The van der Waals surface area contributed by atoms with E-state index in [1.807, 2.05) is 6.08 Å². The first-order valence-corrected chi connectivity index (χ1v) is 8.21. The standard InChI is InChI=1S/C15H20N6O4/c1-18-12(22)16-20(14(18)24)10-8-6-4-3-5-7-9-11(10)21-15(25)19(2)13(23)17-21/h6,8,11H,3-5,7,9H2,1-2H3,(H-,16,17,22,23)/p+1/b8-6-,20-10-. The Kier molecular flexibility index (Phi) is 4.43. The minimum absolute atomic E-state index is 0.452. The zero-order chi connectivity index (χ0) is 18.1. The second kappa shape index (κ2) is 6.54. The molecule has 2 N–H and O–H groups in total. The number of amides is 4. The molecule has 4 amide bonds. The van der Waals surface area contributed by atoms with E-state index in [1.165, 1.54) is 18.8 Å². The van der Waals surface area contributed by atoms with Crippen molar-refractivity contribution in [3.63, 3.8) is 0 Å². The smallest absolute Gasteiger partial charge is 0.246 e. The molecule has 0 spiro atoms. The number of carbonyl (C=O) groups is 2. The van der Waals surface area contributed by atoms with Gasteiger partial charge in [-0.1, -0.05) is 23.6 Å². The number of aromatic nitrogens is 3. The van der Waals surface area contributed by atoms with E-state index in [-0.39, 0.29) is 0 Å². The molecule has 1 aliphatic carbocycles. The van der Waals surface area contributed by atoms with E-state index >= 15 is 0 Å². The van der Waals surface area contributed by atoms with Gasteiger partial charge < -0.3 is 0 Å². The lowest BCUT2D eigenvalue weighted by molar-refractivity contribution is -0.468. The van der Waals surface area contributed by atoms with Gasteiger partial charge in [-0.25, -0.2) is 28.7 Å². The molecule has 0 radical (unpaired) electrons. The van der Waals surface area contributed by atoms with Crippen LogP contribution in [0.3, 0.4) is 0 Å². The van der Waals surface area contributed by atoms with Gasteiger partial charge in [0.05, 0.1) is 7.05 Å². The molecule has 2 aliphatic rings. The van der Waals surface area contributed by atoms with E-state index < -0.39 is 29.5 Å². The van der Waals surface area contributed by atoms with Crippen molar-refractivity contribution >= 4 is 17.8 Å². The molecule has 1 atom stereocenters. The molecular weight excluding hydrogens is 328 g/mol. The lowest BCUT2D eigenvalue weighted by Crippen LogP contribution is -2.39. The number of nitrogens with one attached hydrogen (secondary N) is 2. The van der Waals surface area contributed by atoms with Crippen LogP contribution in [0.2, 0.25) is 0 Å². The highest BCUT2D eigenvalue weighted by Gasteiger charge is 2.43. The highest BCUT2D eigenvalue weighted by molar-refractivity contribution is 6.01. The molecule has 2 heterocycles. The van der Waals surface area contributed by atoms with Crippen molar-refractivity contribution in [1.82, 2.24) is 24.7 Å². The number of urea groups is 2. The molecule has 1 saturated heterocycles. The highest BCUT2D eigenvalue weighted by Crippen LogP contribution is 2.20. The maximum Gasteiger partial charge on any atom is 0.526 e. The van der Waals surface area contributed by atoms with E-state index in [1.54, 1.807) is 6.08 Å². The Bertz CT molecular complexity index is 887. The number of hydrogen-bond acceptors (Lipinski definition) is 4. The van der Waals surface area contributed by atoms with Crippen LogP contribution in [0, 0.1) is 0 Å². The van der Waals surface area contributed by atoms with Crippen molar-refractivity contribution in [2.24, 2.45) is 7.05 Å². The summed E-state index contributed by atoms with van der Waals surface area (Å²) in [6.45, 7) is 0. The topological polar surface area (TPSA) is 112 Å². The van der Waals surface area contributed by atoms with Gasteiger partial charge in [0.2, 0.25) is 0 Å². The summed E-state index contributed by atoms with van der Waals surface area (Å²) in [6, 6.07) is -1.63. The number of hydrazine groups is 1. The monoisotopic (exact) mass is 349 g/mol. The average molecular weight is 349 g/mol. The quantitative estimate of drug-likeness (QED) is 0.699. The van der Waals surface area contributed by atoms with Crippen LogP contribution in [-0.4, -0.2) is 48.8 Å². The molecule has 25 heavy (non-hydrogen) atoms.